The van der Waals surface area contributed by atoms with Gasteiger partial charge in [-0.15, -0.1) is 0 Å². The molecule has 0 bridgehead atoms. The molecule has 0 aliphatic carbocycles. The summed E-state index contributed by atoms with van der Waals surface area (Å²) >= 11 is 0. The van der Waals surface area contributed by atoms with E-state index >= 15 is 0 Å². The van der Waals surface area contributed by atoms with Crippen molar-refractivity contribution in [2.75, 3.05) is 7.11 Å². The number of benzene rings is 2. The lowest BCUT2D eigenvalue weighted by molar-refractivity contribution is 0.408. The van der Waals surface area contributed by atoms with Crippen molar-refractivity contribution in [1.82, 2.24) is 0 Å². The molecule has 0 fully saturated rings. The second kappa shape index (κ2) is 4.74. The van der Waals surface area contributed by atoms with Crippen molar-refractivity contribution in [2.24, 2.45) is 0 Å². The highest BCUT2D eigenvalue weighted by Gasteiger charge is 2.15. The smallest absolute Gasteiger partial charge is 0.193 e. The molecule has 0 aliphatic heterocycles. The number of fused-ring (bicyclic) bond motifs is 1. The molecule has 20 heavy (non-hydrogen) atoms. The molecule has 1 heterocycles. The molecule has 0 atom stereocenters. The molecule has 0 amide bonds. The predicted molar refractivity (Wildman–Crippen MR) is 76.1 cm³/mol. The number of hydrogen-bond donors (Lipinski definition) is 1. The SMILES string of the molecule is COc1cccc(O)c1-c1cc(=O)c2ccccc2o1. The Bertz CT molecular complexity index is 833. The van der Waals surface area contributed by atoms with Crippen molar-refractivity contribution in [2.45, 2.75) is 0 Å². The lowest BCUT2D eigenvalue weighted by Crippen LogP contribution is -2.00. The van der Waals surface area contributed by atoms with Crippen LogP contribution in [0.5, 0.6) is 11.5 Å². The van der Waals surface area contributed by atoms with Gasteiger partial charge in [0.25, 0.3) is 0 Å². The highest BCUT2D eigenvalue weighted by Crippen LogP contribution is 2.37. The number of rotatable bonds is 2. The molecule has 4 heteroatoms. The molecule has 0 spiro atoms. The standard InChI is InChI=1S/C16H12O4/c1-19-14-8-4-6-11(17)16(14)15-9-12(18)10-5-2-3-7-13(10)20-15/h2-9,17H,1H3. The van der Waals surface area contributed by atoms with Gasteiger partial charge in [0.15, 0.2) is 5.43 Å². The van der Waals surface area contributed by atoms with Gasteiger partial charge in [0, 0.05) is 6.07 Å². The van der Waals surface area contributed by atoms with Crippen LogP contribution in [0.1, 0.15) is 0 Å². The maximum atomic E-state index is 12.1. The summed E-state index contributed by atoms with van der Waals surface area (Å²) < 4.78 is 10.9. The van der Waals surface area contributed by atoms with Gasteiger partial charge in [-0.1, -0.05) is 18.2 Å². The van der Waals surface area contributed by atoms with Gasteiger partial charge in [0.05, 0.1) is 12.5 Å². The summed E-state index contributed by atoms with van der Waals surface area (Å²) in [6.07, 6.45) is 0. The molecule has 3 rings (SSSR count). The number of phenolic OH excluding ortho intramolecular Hbond substituents is 1. The highest BCUT2D eigenvalue weighted by atomic mass is 16.5. The van der Waals surface area contributed by atoms with E-state index in [1.807, 2.05) is 0 Å². The quantitative estimate of drug-likeness (QED) is 0.775. The molecule has 2 aromatic carbocycles. The van der Waals surface area contributed by atoms with E-state index in [9.17, 15) is 9.90 Å². The molecule has 0 radical (unpaired) electrons. The van der Waals surface area contributed by atoms with E-state index in [-0.39, 0.29) is 16.9 Å². The van der Waals surface area contributed by atoms with Gasteiger partial charge in [-0.2, -0.15) is 0 Å². The number of phenols is 1. The van der Waals surface area contributed by atoms with Crippen LogP contribution in [-0.4, -0.2) is 12.2 Å². The van der Waals surface area contributed by atoms with Gasteiger partial charge in [0.1, 0.15) is 28.4 Å². The second-order valence-electron chi connectivity index (χ2n) is 4.33. The summed E-state index contributed by atoms with van der Waals surface area (Å²) in [7, 11) is 1.50. The minimum atomic E-state index is -0.160. The highest BCUT2D eigenvalue weighted by molar-refractivity contribution is 5.81. The lowest BCUT2D eigenvalue weighted by atomic mass is 10.1. The molecule has 1 N–H and O–H groups in total. The Morgan fingerprint density at radius 2 is 1.90 bits per heavy atom. The number of methoxy groups -OCH3 is 1. The maximum Gasteiger partial charge on any atom is 0.193 e. The number of ether oxygens (including phenoxy) is 1. The summed E-state index contributed by atoms with van der Waals surface area (Å²) in [5, 5.41) is 10.5. The Kier molecular flexibility index (Phi) is 2.91. The Labute approximate surface area is 114 Å². The zero-order valence-corrected chi connectivity index (χ0v) is 10.8. The summed E-state index contributed by atoms with van der Waals surface area (Å²) in [4.78, 5) is 12.1. The Balaban J connectivity index is 2.33. The third-order valence-electron chi connectivity index (χ3n) is 3.11. The molecule has 100 valence electrons. The second-order valence-corrected chi connectivity index (χ2v) is 4.33. The zero-order valence-electron chi connectivity index (χ0n) is 10.8. The van der Waals surface area contributed by atoms with Crippen LogP contribution < -0.4 is 10.2 Å². The third kappa shape index (κ3) is 1.91. The van der Waals surface area contributed by atoms with Crippen LogP contribution in [0, 0.1) is 0 Å². The van der Waals surface area contributed by atoms with Crippen LogP contribution in [0.3, 0.4) is 0 Å². The van der Waals surface area contributed by atoms with Crippen LogP contribution >= 0.6 is 0 Å². The third-order valence-corrected chi connectivity index (χ3v) is 3.11. The van der Waals surface area contributed by atoms with Crippen molar-refractivity contribution < 1.29 is 14.3 Å². The molecule has 0 saturated carbocycles. The molecule has 1 aromatic heterocycles. The van der Waals surface area contributed by atoms with Crippen molar-refractivity contribution >= 4 is 11.0 Å². The fraction of sp³-hybridized carbons (Fsp3) is 0.0625. The molecule has 4 nitrogen and oxygen atoms in total. The molecule has 0 saturated heterocycles. The van der Waals surface area contributed by atoms with Crippen LogP contribution in [0.15, 0.2) is 57.7 Å². The van der Waals surface area contributed by atoms with Crippen LogP contribution in [0.4, 0.5) is 0 Å². The summed E-state index contributed by atoms with van der Waals surface area (Å²) in [6.45, 7) is 0. The Hall–Kier alpha value is -2.75. The van der Waals surface area contributed by atoms with Crippen LogP contribution in [-0.2, 0) is 0 Å². The van der Waals surface area contributed by atoms with Gasteiger partial charge in [0.2, 0.25) is 0 Å². The first-order chi connectivity index (χ1) is 9.70. The summed E-state index contributed by atoms with van der Waals surface area (Å²) in [5.41, 5.74) is 0.685. The van der Waals surface area contributed by atoms with Crippen molar-refractivity contribution in [1.29, 1.82) is 0 Å². The molecule has 0 unspecified atom stereocenters. The van der Waals surface area contributed by atoms with Crippen LogP contribution in [0.25, 0.3) is 22.3 Å². The monoisotopic (exact) mass is 268 g/mol. The number of para-hydroxylation sites is 1. The average Bonchev–Trinajstić information content (AvgIpc) is 2.46. The van der Waals surface area contributed by atoms with E-state index in [1.165, 1.54) is 19.2 Å². The van der Waals surface area contributed by atoms with E-state index in [0.29, 0.717) is 22.3 Å². The van der Waals surface area contributed by atoms with E-state index in [1.54, 1.807) is 36.4 Å². The Morgan fingerprint density at radius 1 is 1.10 bits per heavy atom. The Morgan fingerprint density at radius 3 is 2.70 bits per heavy atom. The van der Waals surface area contributed by atoms with Gasteiger partial charge < -0.3 is 14.3 Å². The number of aromatic hydroxyl groups is 1. The topological polar surface area (TPSA) is 59.7 Å². The first-order valence-corrected chi connectivity index (χ1v) is 6.10. The minimum absolute atomic E-state index is 0.00258. The van der Waals surface area contributed by atoms with E-state index in [4.69, 9.17) is 9.15 Å². The maximum absolute atomic E-state index is 12.1. The molecule has 3 aromatic rings. The van der Waals surface area contributed by atoms with Gasteiger partial charge >= 0.3 is 0 Å². The van der Waals surface area contributed by atoms with Gasteiger partial charge in [-0.05, 0) is 24.3 Å². The summed E-state index contributed by atoms with van der Waals surface area (Å²) in [5.74, 6) is 0.731. The lowest BCUT2D eigenvalue weighted by Gasteiger charge is -2.10. The van der Waals surface area contributed by atoms with Crippen molar-refractivity contribution in [3.05, 3.63) is 58.8 Å². The van der Waals surface area contributed by atoms with Gasteiger partial charge in [-0.3, -0.25) is 4.79 Å². The van der Waals surface area contributed by atoms with Crippen molar-refractivity contribution in [3.63, 3.8) is 0 Å². The number of hydrogen-bond acceptors (Lipinski definition) is 4. The first kappa shape index (κ1) is 12.3. The fourth-order valence-corrected chi connectivity index (χ4v) is 2.16. The van der Waals surface area contributed by atoms with E-state index in [2.05, 4.69) is 0 Å². The molecular weight excluding hydrogens is 256 g/mol. The normalized spacial score (nSPS) is 10.7. The molecule has 0 aliphatic rings. The zero-order chi connectivity index (χ0) is 14.1. The predicted octanol–water partition coefficient (Wildman–Crippen LogP) is 3.17. The van der Waals surface area contributed by atoms with Gasteiger partial charge in [-0.25, -0.2) is 0 Å². The van der Waals surface area contributed by atoms with Crippen molar-refractivity contribution in [3.8, 4) is 22.8 Å². The van der Waals surface area contributed by atoms with E-state index in [0.717, 1.165) is 0 Å². The van der Waals surface area contributed by atoms with E-state index < -0.39 is 0 Å². The minimum Gasteiger partial charge on any atom is -0.507 e. The average molecular weight is 268 g/mol. The summed E-state index contributed by atoms with van der Waals surface area (Å²) in [6, 6.07) is 13.2. The fourth-order valence-electron chi connectivity index (χ4n) is 2.16. The first-order valence-electron chi connectivity index (χ1n) is 6.10. The largest absolute Gasteiger partial charge is 0.507 e. The van der Waals surface area contributed by atoms with Crippen LogP contribution in [0.2, 0.25) is 0 Å². The molecular formula is C16H12O4.